The lowest BCUT2D eigenvalue weighted by Gasteiger charge is -2.34. The first kappa shape index (κ1) is 33.9. The molecule has 38 heavy (non-hydrogen) atoms. The van der Waals surface area contributed by atoms with Crippen molar-refractivity contribution in [3.63, 3.8) is 0 Å². The van der Waals surface area contributed by atoms with Gasteiger partial charge in [0, 0.05) is 18.1 Å². The number of rotatable bonds is 3. The summed E-state index contributed by atoms with van der Waals surface area (Å²) in [5.74, 6) is 5.51. The summed E-state index contributed by atoms with van der Waals surface area (Å²) in [4.78, 5) is 11.2. The molecule has 0 aromatic heterocycles. The zero-order valence-electron chi connectivity index (χ0n) is 24.7. The average molecular weight is 539 g/mol. The third-order valence-corrected chi connectivity index (χ3v) is 7.97. The van der Waals surface area contributed by atoms with Crippen LogP contribution in [0, 0.1) is 30.1 Å². The van der Waals surface area contributed by atoms with Crippen LogP contribution in [0.2, 0.25) is 0 Å². The summed E-state index contributed by atoms with van der Waals surface area (Å²) < 4.78 is 5.58. The molecule has 4 aliphatic carbocycles. The summed E-state index contributed by atoms with van der Waals surface area (Å²) >= 11 is 4.41. The number of carbonyl (C=O) groups is 1. The number of terminal acetylenes is 1. The first-order valence-corrected chi connectivity index (χ1v) is 14.6. The smallest absolute Gasteiger partial charge is 0.303 e. The summed E-state index contributed by atoms with van der Waals surface area (Å²) in [6, 6.07) is 0. The minimum absolute atomic E-state index is 0.131. The van der Waals surface area contributed by atoms with Crippen LogP contribution in [0.3, 0.4) is 0 Å². The Hall–Kier alpha value is -2.14. The summed E-state index contributed by atoms with van der Waals surface area (Å²) in [5.41, 5.74) is 4.89. The predicted molar refractivity (Wildman–Crippen MR) is 165 cm³/mol. The number of hydrogen-bond acceptors (Lipinski definition) is 4. The van der Waals surface area contributed by atoms with Gasteiger partial charge < -0.3 is 9.84 Å². The molecule has 3 fully saturated rings. The van der Waals surface area contributed by atoms with Crippen LogP contribution in [0.5, 0.6) is 0 Å². The highest BCUT2D eigenvalue weighted by Gasteiger charge is 2.38. The van der Waals surface area contributed by atoms with Crippen LogP contribution in [-0.4, -0.2) is 27.5 Å². The largest absolute Gasteiger partial charge is 0.458 e. The zero-order chi connectivity index (χ0) is 29.0. The number of thiol groups is 1. The van der Waals surface area contributed by atoms with E-state index in [2.05, 4.69) is 69.0 Å². The topological polar surface area (TPSA) is 46.5 Å². The van der Waals surface area contributed by atoms with Gasteiger partial charge >= 0.3 is 5.97 Å². The number of hydrogen-bond donors (Lipinski definition) is 2. The molecule has 0 heterocycles. The first-order chi connectivity index (χ1) is 17.9. The van der Waals surface area contributed by atoms with Gasteiger partial charge in [0.15, 0.2) is 0 Å². The molecular formula is C34H50O3S. The molecule has 0 aromatic rings. The van der Waals surface area contributed by atoms with Crippen molar-refractivity contribution >= 4 is 18.6 Å². The number of ether oxygens (including phenoxy) is 1. The second-order valence-corrected chi connectivity index (χ2v) is 12.2. The Labute approximate surface area is 238 Å². The molecule has 210 valence electrons. The molecular weight excluding hydrogens is 488 g/mol. The van der Waals surface area contributed by atoms with Gasteiger partial charge in [-0.15, -0.1) is 12.8 Å². The Balaban J connectivity index is 0.000000405. The zero-order valence-corrected chi connectivity index (χ0v) is 25.6. The summed E-state index contributed by atoms with van der Waals surface area (Å²) in [6.45, 7) is 15.5. The number of aliphatic hydroxyl groups is 1. The lowest BCUT2D eigenvalue weighted by molar-refractivity contribution is -0.145. The monoisotopic (exact) mass is 538 g/mol. The van der Waals surface area contributed by atoms with E-state index in [1.165, 1.54) is 50.2 Å². The van der Waals surface area contributed by atoms with Gasteiger partial charge in [-0.25, -0.2) is 0 Å². The van der Waals surface area contributed by atoms with Gasteiger partial charge in [-0.05, 0) is 106 Å². The fourth-order valence-corrected chi connectivity index (χ4v) is 5.35. The van der Waals surface area contributed by atoms with Crippen molar-refractivity contribution in [1.82, 2.24) is 0 Å². The SMILES string of the molecule is C#C.C=C1/C(=C\C=C2/CCCC3(C)CCC=C23)CCCC1OC(C)=O.CC.CC(C)(O)C#CCC1(S)CC1. The minimum Gasteiger partial charge on any atom is -0.458 e. The highest BCUT2D eigenvalue weighted by atomic mass is 32.1. The van der Waals surface area contributed by atoms with Crippen LogP contribution in [0.1, 0.15) is 112 Å². The molecule has 0 bridgehead atoms. The first-order valence-electron chi connectivity index (χ1n) is 14.2. The average Bonchev–Trinajstić information content (AvgIpc) is 3.45. The number of allylic oxidation sites excluding steroid dienone is 5. The van der Waals surface area contributed by atoms with Crippen LogP contribution in [-0.2, 0) is 9.53 Å². The van der Waals surface area contributed by atoms with Crippen molar-refractivity contribution < 1.29 is 14.6 Å². The Morgan fingerprint density at radius 1 is 1.18 bits per heavy atom. The number of fused-ring (bicyclic) bond motifs is 1. The maximum absolute atomic E-state index is 11.2. The van der Waals surface area contributed by atoms with Crippen LogP contribution in [0.4, 0.5) is 0 Å². The second kappa shape index (κ2) is 15.5. The van der Waals surface area contributed by atoms with Crippen molar-refractivity contribution in [3.8, 4) is 24.7 Å². The normalized spacial score (nSPS) is 26.9. The molecule has 0 aliphatic heterocycles. The molecule has 3 saturated carbocycles. The molecule has 2 unspecified atom stereocenters. The molecule has 4 heteroatoms. The van der Waals surface area contributed by atoms with Gasteiger partial charge in [0.05, 0.1) is 0 Å². The Bertz CT molecular complexity index is 988. The Morgan fingerprint density at radius 3 is 2.37 bits per heavy atom. The third-order valence-electron chi connectivity index (χ3n) is 7.36. The molecule has 3 nitrogen and oxygen atoms in total. The lowest BCUT2D eigenvalue weighted by atomic mass is 9.70. The predicted octanol–water partition coefficient (Wildman–Crippen LogP) is 8.31. The van der Waals surface area contributed by atoms with Gasteiger partial charge in [0.25, 0.3) is 0 Å². The molecule has 4 rings (SSSR count). The summed E-state index contributed by atoms with van der Waals surface area (Å²) in [7, 11) is 0. The highest BCUT2D eigenvalue weighted by molar-refractivity contribution is 7.82. The molecule has 1 N–H and O–H groups in total. The van der Waals surface area contributed by atoms with Crippen molar-refractivity contribution in [2.45, 2.75) is 129 Å². The second-order valence-electron chi connectivity index (χ2n) is 11.2. The fraction of sp³-hybridized carbons (Fsp3) is 0.618. The third kappa shape index (κ3) is 10.9. The lowest BCUT2D eigenvalue weighted by Crippen LogP contribution is -2.23. The van der Waals surface area contributed by atoms with E-state index < -0.39 is 5.60 Å². The van der Waals surface area contributed by atoms with Crippen LogP contribution in [0.25, 0.3) is 0 Å². The fourth-order valence-electron chi connectivity index (χ4n) is 5.16. The van der Waals surface area contributed by atoms with Gasteiger partial charge in [-0.1, -0.05) is 57.4 Å². The summed E-state index contributed by atoms with van der Waals surface area (Å²) in [6.07, 6.45) is 27.3. The Morgan fingerprint density at radius 2 is 1.79 bits per heavy atom. The molecule has 2 atom stereocenters. The highest BCUT2D eigenvalue weighted by Crippen LogP contribution is 2.50. The quantitative estimate of drug-likeness (QED) is 0.216. The minimum atomic E-state index is -0.848. The maximum atomic E-state index is 11.2. The van der Waals surface area contributed by atoms with Crippen molar-refractivity contribution in [3.05, 3.63) is 47.1 Å². The molecule has 0 amide bonds. The summed E-state index contributed by atoms with van der Waals surface area (Å²) in [5, 5.41) is 9.24. The molecule has 4 aliphatic rings. The van der Waals surface area contributed by atoms with Gasteiger partial charge in [-0.2, -0.15) is 12.6 Å². The number of carbonyl (C=O) groups excluding carboxylic acids is 1. The standard InChI is InChI=1S/C21H28O2.C9H14OS.C2H6.C2H2/c1-15-17(7-4-10-20(15)23-16(2)22)11-12-18-8-5-13-21(3)14-6-9-19(18)21;1-8(2,10)4-3-5-9(11)6-7-9;2*1-2/h9,11-12,20H,1,4-8,10,13-14H2,2-3H3;10-11H,5-7H2,1-2H3;1-2H3;1-2H/b17-11-,18-12+;;;. The van der Waals surface area contributed by atoms with E-state index in [0.29, 0.717) is 5.41 Å². The van der Waals surface area contributed by atoms with E-state index in [1.807, 2.05) is 13.8 Å². The van der Waals surface area contributed by atoms with Crippen molar-refractivity contribution in [2.24, 2.45) is 5.41 Å². The van der Waals surface area contributed by atoms with E-state index in [1.54, 1.807) is 19.4 Å². The van der Waals surface area contributed by atoms with E-state index in [-0.39, 0.29) is 16.8 Å². The molecule has 0 aromatic carbocycles. The van der Waals surface area contributed by atoms with Crippen LogP contribution in [0.15, 0.2) is 47.1 Å². The molecule has 0 saturated heterocycles. The number of esters is 1. The van der Waals surface area contributed by atoms with Gasteiger partial charge in [0.1, 0.15) is 11.7 Å². The van der Waals surface area contributed by atoms with E-state index >= 15 is 0 Å². The molecule has 0 radical (unpaired) electrons. The maximum Gasteiger partial charge on any atom is 0.303 e. The van der Waals surface area contributed by atoms with Crippen molar-refractivity contribution in [1.29, 1.82) is 0 Å². The van der Waals surface area contributed by atoms with Crippen LogP contribution >= 0.6 is 12.6 Å². The Kier molecular flexibility index (Phi) is 13.8. The van der Waals surface area contributed by atoms with Gasteiger partial charge in [0.2, 0.25) is 0 Å². The van der Waals surface area contributed by atoms with E-state index in [9.17, 15) is 9.90 Å². The van der Waals surface area contributed by atoms with E-state index in [4.69, 9.17) is 4.74 Å². The van der Waals surface area contributed by atoms with Crippen LogP contribution < -0.4 is 0 Å². The van der Waals surface area contributed by atoms with Gasteiger partial charge in [-0.3, -0.25) is 4.79 Å². The molecule has 0 spiro atoms. The van der Waals surface area contributed by atoms with Crippen molar-refractivity contribution in [2.75, 3.05) is 0 Å². The van der Waals surface area contributed by atoms with E-state index in [0.717, 1.165) is 44.1 Å².